The standard InChI is InChI=1S/C20H17ClN4O2/c1-12-8-15(21)6-7-17(12)25-19-11-22-18(10-23-19)20(27)24-16-5-3-4-14(9-16)13(2)26/h3-11H,1-2H3,(H,23,25)(H,24,27). The second kappa shape index (κ2) is 7.97. The Hall–Kier alpha value is -3.25. The van der Waals surface area contributed by atoms with Crippen molar-refractivity contribution in [2.75, 3.05) is 10.6 Å². The van der Waals surface area contributed by atoms with Crippen molar-refractivity contribution >= 4 is 40.5 Å². The minimum Gasteiger partial charge on any atom is -0.339 e. The first-order chi connectivity index (χ1) is 12.9. The smallest absolute Gasteiger partial charge is 0.275 e. The van der Waals surface area contributed by atoms with Crippen LogP contribution in [0.1, 0.15) is 33.3 Å². The Morgan fingerprint density at radius 3 is 2.52 bits per heavy atom. The number of aromatic nitrogens is 2. The molecule has 1 aromatic heterocycles. The Bertz CT molecular complexity index is 1000. The number of amides is 1. The fraction of sp³-hybridized carbons (Fsp3) is 0.100. The van der Waals surface area contributed by atoms with Gasteiger partial charge >= 0.3 is 0 Å². The number of carbonyl (C=O) groups excluding carboxylic acids is 2. The van der Waals surface area contributed by atoms with E-state index in [1.807, 2.05) is 19.1 Å². The van der Waals surface area contributed by atoms with Gasteiger partial charge in [-0.2, -0.15) is 0 Å². The van der Waals surface area contributed by atoms with Gasteiger partial charge in [0.15, 0.2) is 5.78 Å². The van der Waals surface area contributed by atoms with Crippen LogP contribution in [0.15, 0.2) is 54.9 Å². The van der Waals surface area contributed by atoms with Crippen molar-refractivity contribution in [3.63, 3.8) is 0 Å². The summed E-state index contributed by atoms with van der Waals surface area (Å²) in [7, 11) is 0. The van der Waals surface area contributed by atoms with Crippen LogP contribution in [0.3, 0.4) is 0 Å². The number of hydrogen-bond donors (Lipinski definition) is 2. The summed E-state index contributed by atoms with van der Waals surface area (Å²) < 4.78 is 0. The van der Waals surface area contributed by atoms with Crippen LogP contribution in [0, 0.1) is 6.92 Å². The topological polar surface area (TPSA) is 84.0 Å². The molecule has 7 heteroatoms. The van der Waals surface area contributed by atoms with Gasteiger partial charge in [-0.15, -0.1) is 0 Å². The molecule has 6 nitrogen and oxygen atoms in total. The lowest BCUT2D eigenvalue weighted by molar-refractivity contribution is 0.100. The number of anilines is 3. The number of nitrogens with zero attached hydrogens (tertiary/aromatic N) is 2. The van der Waals surface area contributed by atoms with Gasteiger partial charge in [0.05, 0.1) is 12.4 Å². The lowest BCUT2D eigenvalue weighted by Gasteiger charge is -2.09. The van der Waals surface area contributed by atoms with E-state index in [0.717, 1.165) is 11.3 Å². The van der Waals surface area contributed by atoms with E-state index in [4.69, 9.17) is 11.6 Å². The van der Waals surface area contributed by atoms with Crippen molar-refractivity contribution in [2.45, 2.75) is 13.8 Å². The van der Waals surface area contributed by atoms with Crippen LogP contribution in [0.25, 0.3) is 0 Å². The van der Waals surface area contributed by atoms with Gasteiger partial charge < -0.3 is 10.6 Å². The van der Waals surface area contributed by atoms with Crippen molar-refractivity contribution < 1.29 is 9.59 Å². The number of hydrogen-bond acceptors (Lipinski definition) is 5. The third-order valence-electron chi connectivity index (χ3n) is 3.86. The van der Waals surface area contributed by atoms with Crippen LogP contribution in [-0.4, -0.2) is 21.7 Å². The molecule has 0 bridgehead atoms. The van der Waals surface area contributed by atoms with E-state index in [-0.39, 0.29) is 11.5 Å². The van der Waals surface area contributed by atoms with Gasteiger partial charge in [-0.25, -0.2) is 9.97 Å². The van der Waals surface area contributed by atoms with E-state index in [2.05, 4.69) is 20.6 Å². The molecule has 136 valence electrons. The summed E-state index contributed by atoms with van der Waals surface area (Å²) in [5.41, 5.74) is 3.04. The molecule has 2 aromatic carbocycles. The highest BCUT2D eigenvalue weighted by molar-refractivity contribution is 6.30. The summed E-state index contributed by atoms with van der Waals surface area (Å²) in [6, 6.07) is 12.2. The highest BCUT2D eigenvalue weighted by Gasteiger charge is 2.10. The number of halogens is 1. The van der Waals surface area contributed by atoms with E-state index in [0.29, 0.717) is 22.1 Å². The Morgan fingerprint density at radius 2 is 1.85 bits per heavy atom. The van der Waals surface area contributed by atoms with Crippen LogP contribution in [0.4, 0.5) is 17.2 Å². The number of aryl methyl sites for hydroxylation is 1. The molecule has 0 saturated heterocycles. The summed E-state index contributed by atoms with van der Waals surface area (Å²) in [5.74, 6) is 0.0341. The maximum Gasteiger partial charge on any atom is 0.275 e. The molecule has 1 heterocycles. The van der Waals surface area contributed by atoms with E-state index in [1.54, 1.807) is 30.3 Å². The molecule has 0 atom stereocenters. The van der Waals surface area contributed by atoms with Crippen LogP contribution in [0.5, 0.6) is 0 Å². The number of Topliss-reactive ketones (excluding diaryl/α,β-unsaturated/α-hetero) is 1. The quantitative estimate of drug-likeness (QED) is 0.630. The van der Waals surface area contributed by atoms with Gasteiger partial charge in [0.2, 0.25) is 0 Å². The van der Waals surface area contributed by atoms with Crippen molar-refractivity contribution in [3.05, 3.63) is 76.7 Å². The number of carbonyl (C=O) groups is 2. The fourth-order valence-corrected chi connectivity index (χ4v) is 2.65. The van der Waals surface area contributed by atoms with Gasteiger partial charge in [0.1, 0.15) is 11.5 Å². The SMILES string of the molecule is CC(=O)c1cccc(NC(=O)c2cnc(Nc3ccc(Cl)cc3C)cn2)c1. The lowest BCUT2D eigenvalue weighted by atomic mass is 10.1. The summed E-state index contributed by atoms with van der Waals surface area (Å²) >= 11 is 5.95. The molecule has 0 aliphatic heterocycles. The molecule has 3 aromatic rings. The van der Waals surface area contributed by atoms with Crippen LogP contribution >= 0.6 is 11.6 Å². The summed E-state index contributed by atoms with van der Waals surface area (Å²) in [6.45, 7) is 3.40. The molecule has 27 heavy (non-hydrogen) atoms. The average Bonchev–Trinajstić information content (AvgIpc) is 2.65. The first-order valence-electron chi connectivity index (χ1n) is 8.20. The minimum absolute atomic E-state index is 0.0705. The molecule has 0 spiro atoms. The predicted octanol–water partition coefficient (Wildman–Crippen LogP) is 4.64. The zero-order valence-corrected chi connectivity index (χ0v) is 15.5. The number of nitrogens with one attached hydrogen (secondary N) is 2. The second-order valence-corrected chi connectivity index (χ2v) is 6.40. The van der Waals surface area contributed by atoms with Crippen molar-refractivity contribution in [2.24, 2.45) is 0 Å². The van der Waals surface area contributed by atoms with Crippen molar-refractivity contribution in [1.29, 1.82) is 0 Å². The normalized spacial score (nSPS) is 10.3. The molecule has 1 amide bonds. The zero-order valence-electron chi connectivity index (χ0n) is 14.8. The number of ketones is 1. The van der Waals surface area contributed by atoms with Crippen molar-refractivity contribution in [3.8, 4) is 0 Å². The summed E-state index contributed by atoms with van der Waals surface area (Å²) in [6.07, 6.45) is 2.87. The molecule has 2 N–H and O–H groups in total. The average molecular weight is 381 g/mol. The van der Waals surface area contributed by atoms with E-state index in [9.17, 15) is 9.59 Å². The molecule has 0 fully saturated rings. The van der Waals surface area contributed by atoms with E-state index >= 15 is 0 Å². The zero-order chi connectivity index (χ0) is 19.4. The van der Waals surface area contributed by atoms with E-state index < -0.39 is 5.91 Å². The van der Waals surface area contributed by atoms with Gasteiger partial charge in [0, 0.05) is 22.0 Å². The molecule has 0 aliphatic rings. The predicted molar refractivity (Wildman–Crippen MR) is 106 cm³/mol. The Balaban J connectivity index is 1.70. The van der Waals surface area contributed by atoms with Gasteiger partial charge in [-0.05, 0) is 49.7 Å². The van der Waals surface area contributed by atoms with Gasteiger partial charge in [-0.1, -0.05) is 23.7 Å². The van der Waals surface area contributed by atoms with Gasteiger partial charge in [-0.3, -0.25) is 9.59 Å². The maximum atomic E-state index is 12.3. The Labute approximate surface area is 161 Å². The lowest BCUT2D eigenvalue weighted by Crippen LogP contribution is -2.14. The monoisotopic (exact) mass is 380 g/mol. The van der Waals surface area contributed by atoms with Gasteiger partial charge in [0.25, 0.3) is 5.91 Å². The van der Waals surface area contributed by atoms with E-state index in [1.165, 1.54) is 19.3 Å². The first kappa shape index (κ1) is 18.5. The number of benzene rings is 2. The largest absolute Gasteiger partial charge is 0.339 e. The summed E-state index contributed by atoms with van der Waals surface area (Å²) in [5, 5.41) is 6.50. The highest BCUT2D eigenvalue weighted by Crippen LogP contribution is 2.22. The second-order valence-electron chi connectivity index (χ2n) is 5.96. The highest BCUT2D eigenvalue weighted by atomic mass is 35.5. The Morgan fingerprint density at radius 1 is 1.04 bits per heavy atom. The maximum absolute atomic E-state index is 12.3. The molecule has 3 rings (SSSR count). The van der Waals surface area contributed by atoms with Crippen molar-refractivity contribution in [1.82, 2.24) is 9.97 Å². The third kappa shape index (κ3) is 4.68. The molecule has 0 aliphatic carbocycles. The van der Waals surface area contributed by atoms with Crippen LogP contribution in [0.2, 0.25) is 5.02 Å². The van der Waals surface area contributed by atoms with Crippen LogP contribution < -0.4 is 10.6 Å². The third-order valence-corrected chi connectivity index (χ3v) is 4.10. The fourth-order valence-electron chi connectivity index (χ4n) is 2.43. The molecule has 0 radical (unpaired) electrons. The number of rotatable bonds is 5. The summed E-state index contributed by atoms with van der Waals surface area (Å²) in [4.78, 5) is 32.1. The minimum atomic E-state index is -0.405. The molecule has 0 saturated carbocycles. The molecular weight excluding hydrogens is 364 g/mol. The first-order valence-corrected chi connectivity index (χ1v) is 8.58. The molecular formula is C20H17ClN4O2. The van der Waals surface area contributed by atoms with Crippen LogP contribution in [-0.2, 0) is 0 Å². The molecule has 0 unspecified atom stereocenters. The Kier molecular flexibility index (Phi) is 5.47.